The van der Waals surface area contributed by atoms with Gasteiger partial charge in [-0.25, -0.2) is 9.97 Å². The zero-order valence-corrected chi connectivity index (χ0v) is 66.5. The highest BCUT2D eigenvalue weighted by atomic mass is 14.8. The number of nitrogens with one attached hydrogen (secondary N) is 2. The van der Waals surface area contributed by atoms with Gasteiger partial charge in [-0.2, -0.15) is 0 Å². The Kier molecular flexibility index (Phi) is 38.7. The maximum Gasteiger partial charge on any atom is 0.0737 e. The fourth-order valence-electron chi connectivity index (χ4n) is 16.5. The maximum absolute atomic E-state index is 5.77. The Morgan fingerprint density at radius 1 is 0.183 bits per heavy atom. The predicted molar refractivity (Wildman–Crippen MR) is 460 cm³/mol. The zero-order chi connectivity index (χ0) is 72.1. The van der Waals surface area contributed by atoms with Crippen molar-refractivity contribution in [3.05, 3.63) is 166 Å². The number of aromatic nitrogens is 4. The van der Waals surface area contributed by atoms with Crippen molar-refractivity contribution < 1.29 is 0 Å². The van der Waals surface area contributed by atoms with Gasteiger partial charge >= 0.3 is 0 Å². The van der Waals surface area contributed by atoms with Crippen molar-refractivity contribution >= 4 is 46.4 Å². The molecule has 4 aromatic carbocycles. The number of fused-ring (bicyclic) bond motifs is 8. The number of hydrogen-bond donors (Lipinski definition) is 2. The Labute approximate surface area is 634 Å². The molecule has 0 fully saturated rings. The van der Waals surface area contributed by atoms with Crippen LogP contribution in [-0.4, -0.2) is 19.9 Å². The summed E-state index contributed by atoms with van der Waals surface area (Å²) in [4.78, 5) is 19.7. The minimum absolute atomic E-state index is 0.968. The molecule has 4 nitrogen and oxygen atoms in total. The molecule has 2 aliphatic rings. The van der Waals surface area contributed by atoms with Gasteiger partial charge in [0.15, 0.2) is 0 Å². The van der Waals surface area contributed by atoms with E-state index in [9.17, 15) is 0 Å². The van der Waals surface area contributed by atoms with E-state index in [2.05, 4.69) is 183 Å². The van der Waals surface area contributed by atoms with Crippen LogP contribution in [0.1, 0.15) is 381 Å². The molecule has 0 amide bonds. The van der Waals surface area contributed by atoms with Gasteiger partial charge in [0.1, 0.15) is 0 Å². The van der Waals surface area contributed by atoms with Gasteiger partial charge in [0.05, 0.1) is 22.8 Å². The van der Waals surface area contributed by atoms with E-state index >= 15 is 0 Å². The Morgan fingerprint density at radius 2 is 0.337 bits per heavy atom. The van der Waals surface area contributed by atoms with E-state index in [1.807, 2.05) is 0 Å². The second-order valence-corrected chi connectivity index (χ2v) is 31.8. The van der Waals surface area contributed by atoms with Crippen molar-refractivity contribution in [2.24, 2.45) is 0 Å². The quantitative estimate of drug-likeness (QED) is 0.0373. The van der Waals surface area contributed by atoms with Crippen LogP contribution in [0.25, 0.3) is 90.9 Å². The summed E-state index contributed by atoms with van der Waals surface area (Å²) in [5, 5.41) is 0. The third kappa shape index (κ3) is 28.3. The predicted octanol–water partition coefficient (Wildman–Crippen LogP) is 32.3. The number of aromatic amines is 2. The highest BCUT2D eigenvalue weighted by Crippen LogP contribution is 2.40. The van der Waals surface area contributed by atoms with Gasteiger partial charge in [0, 0.05) is 44.3 Å². The molecule has 3 aromatic heterocycles. The highest BCUT2D eigenvalue weighted by molar-refractivity contribution is 6.00. The highest BCUT2D eigenvalue weighted by Gasteiger charge is 2.20. The fraction of sp³-hybridized carbons (Fsp3) is 0.560. The van der Waals surface area contributed by atoms with Gasteiger partial charge in [0.2, 0.25) is 0 Å². The van der Waals surface area contributed by atoms with Gasteiger partial charge in [-0.05, 0) is 144 Å². The number of rotatable bonds is 56. The fourth-order valence-corrected chi connectivity index (χ4v) is 16.5. The van der Waals surface area contributed by atoms with E-state index in [-0.39, 0.29) is 0 Å². The average molecular weight is 1400 g/mol. The number of benzene rings is 4. The van der Waals surface area contributed by atoms with E-state index in [4.69, 9.17) is 9.97 Å². The van der Waals surface area contributed by atoms with Crippen LogP contribution in [0.4, 0.5) is 0 Å². The molecule has 2 N–H and O–H groups in total. The lowest BCUT2D eigenvalue weighted by atomic mass is 9.99. The lowest BCUT2D eigenvalue weighted by molar-refractivity contribution is 0.544. The van der Waals surface area contributed by atoms with Gasteiger partial charge in [-0.1, -0.05) is 407 Å². The first-order valence-corrected chi connectivity index (χ1v) is 44.1. The maximum atomic E-state index is 5.77. The lowest BCUT2D eigenvalue weighted by Crippen LogP contribution is -1.92. The van der Waals surface area contributed by atoms with Crippen LogP contribution in [0.3, 0.4) is 0 Å². The van der Waals surface area contributed by atoms with E-state index in [0.717, 1.165) is 92.8 Å². The largest absolute Gasteiger partial charge is 0.354 e. The third-order valence-electron chi connectivity index (χ3n) is 23.0. The van der Waals surface area contributed by atoms with E-state index < -0.39 is 0 Å². The molecule has 0 saturated heterocycles. The zero-order valence-electron chi connectivity index (χ0n) is 66.5. The van der Waals surface area contributed by atoms with Gasteiger partial charge < -0.3 is 9.97 Å². The van der Waals surface area contributed by atoms with Crippen LogP contribution in [-0.2, 0) is 25.7 Å². The molecule has 0 atom stereocenters. The normalized spacial score (nSPS) is 12.0. The smallest absolute Gasteiger partial charge is 0.0737 e. The van der Waals surface area contributed by atoms with Crippen LogP contribution in [0, 0.1) is 0 Å². The summed E-state index contributed by atoms with van der Waals surface area (Å²) < 4.78 is 0. The molecule has 5 heterocycles. The van der Waals surface area contributed by atoms with Gasteiger partial charge in [-0.15, -0.1) is 0 Å². The van der Waals surface area contributed by atoms with E-state index in [1.165, 1.54) is 353 Å². The molecule has 7 aromatic rings. The van der Waals surface area contributed by atoms with Gasteiger partial charge in [-0.3, -0.25) is 0 Å². The Balaban J connectivity index is 1.02. The molecule has 562 valence electrons. The molecule has 0 radical (unpaired) electrons. The van der Waals surface area contributed by atoms with E-state index in [1.54, 1.807) is 0 Å². The van der Waals surface area contributed by atoms with Crippen molar-refractivity contribution in [2.45, 2.75) is 362 Å². The first-order valence-electron chi connectivity index (χ1n) is 44.1. The number of aryl methyl sites for hydroxylation is 4. The first kappa shape index (κ1) is 81.6. The minimum Gasteiger partial charge on any atom is -0.354 e. The SMILES string of the molecule is CCCCCCCCCCCCCCc1ccc(-c2c3nc(c(-c4ccc(CCCCCCCCCCCCCC)cc4)c4ccc([nH]4)c(-c4ccc(CCCCCCCCCCCCCC)cc4)c4nc(c(-c5ccc(CCCCCCCCCCCCCC)cc5)c5ccc2[nH]5)C=C4)C=C3)cc1. The second kappa shape index (κ2) is 49.4. The molecule has 104 heavy (non-hydrogen) atoms. The molecular formula is C100H142N4. The number of hydrogen-bond acceptors (Lipinski definition) is 2. The molecular weight excluding hydrogens is 1260 g/mol. The van der Waals surface area contributed by atoms with Crippen LogP contribution in [0.15, 0.2) is 121 Å². The molecule has 0 unspecified atom stereocenters. The molecule has 0 saturated carbocycles. The Bertz CT molecular complexity index is 3210. The molecule has 4 heteroatoms. The van der Waals surface area contributed by atoms with Crippen LogP contribution in [0.2, 0.25) is 0 Å². The van der Waals surface area contributed by atoms with Crippen molar-refractivity contribution in [1.82, 2.24) is 19.9 Å². The number of nitrogens with zero attached hydrogens (tertiary/aromatic N) is 2. The number of H-pyrrole nitrogens is 2. The number of unbranched alkanes of at least 4 members (excludes halogenated alkanes) is 44. The third-order valence-corrected chi connectivity index (χ3v) is 23.0. The van der Waals surface area contributed by atoms with Crippen LogP contribution in [0.5, 0.6) is 0 Å². The summed E-state index contributed by atoms with van der Waals surface area (Å²) in [6, 6.07) is 47.2. The van der Waals surface area contributed by atoms with Crippen LogP contribution < -0.4 is 0 Å². The van der Waals surface area contributed by atoms with E-state index in [0.29, 0.717) is 0 Å². The molecule has 9 rings (SSSR count). The molecule has 0 spiro atoms. The standard InChI is InChI=1S/C100H142N4/c1-5-9-13-17-21-25-29-33-37-41-45-49-53-81-57-65-85(66-58-81)97-89-73-75-91(101-89)98(86-67-59-82(60-68-86)54-50-46-42-38-34-30-26-22-18-14-10-6-2)93-77-79-95(103-93)100(88-71-63-84(64-72-88)56-52-48-44-40-36-32-28-24-20-16-12-8-4)96-80-78-94(104-96)99(92-76-74-90(97)102-92)87-69-61-83(62-70-87)55-51-47-43-39-35-31-27-23-19-15-11-7-3/h57-80,101,104H,5-56H2,1-4H3. The second-order valence-electron chi connectivity index (χ2n) is 31.8. The van der Waals surface area contributed by atoms with Crippen LogP contribution >= 0.6 is 0 Å². The lowest BCUT2D eigenvalue weighted by Gasteiger charge is -2.09. The molecule has 8 bridgehead atoms. The molecule has 2 aliphatic heterocycles. The summed E-state index contributed by atoms with van der Waals surface area (Å²) in [6.45, 7) is 9.25. The van der Waals surface area contributed by atoms with Crippen molar-refractivity contribution in [3.8, 4) is 44.5 Å². The Morgan fingerprint density at radius 3 is 0.500 bits per heavy atom. The minimum atomic E-state index is 0.968. The van der Waals surface area contributed by atoms with Crippen molar-refractivity contribution in [1.29, 1.82) is 0 Å². The summed E-state index contributed by atoms with van der Waals surface area (Å²) >= 11 is 0. The molecule has 0 aliphatic carbocycles. The summed E-state index contributed by atoms with van der Waals surface area (Å²) in [5.74, 6) is 0. The first-order chi connectivity index (χ1) is 51.5. The summed E-state index contributed by atoms with van der Waals surface area (Å²) in [7, 11) is 0. The topological polar surface area (TPSA) is 57.4 Å². The van der Waals surface area contributed by atoms with Gasteiger partial charge in [0.25, 0.3) is 0 Å². The monoisotopic (exact) mass is 1400 g/mol. The van der Waals surface area contributed by atoms with Crippen molar-refractivity contribution in [2.75, 3.05) is 0 Å². The summed E-state index contributed by atoms with van der Waals surface area (Å²) in [5.41, 5.74) is 22.9. The Hall–Kier alpha value is -6.52. The average Bonchev–Trinajstić information content (AvgIpc) is 1.61. The van der Waals surface area contributed by atoms with Crippen molar-refractivity contribution in [3.63, 3.8) is 0 Å². The summed E-state index contributed by atoms with van der Waals surface area (Å²) in [6.07, 6.45) is 79.3.